The van der Waals surface area contributed by atoms with Crippen LogP contribution in [0.5, 0.6) is 11.5 Å². The molecule has 1 aliphatic heterocycles. The van der Waals surface area contributed by atoms with Crippen molar-refractivity contribution in [2.45, 2.75) is 18.4 Å². The lowest BCUT2D eigenvalue weighted by atomic mass is 9.76. The minimum atomic E-state index is -0.340. The van der Waals surface area contributed by atoms with Gasteiger partial charge in [-0.15, -0.1) is 0 Å². The van der Waals surface area contributed by atoms with Gasteiger partial charge in [-0.25, -0.2) is 0 Å². The molecule has 2 N–H and O–H groups in total. The van der Waals surface area contributed by atoms with Crippen LogP contribution in [0.4, 0.5) is 11.4 Å². The van der Waals surface area contributed by atoms with E-state index in [9.17, 15) is 4.79 Å². The van der Waals surface area contributed by atoms with E-state index in [0.29, 0.717) is 6.42 Å². The normalized spacial score (nSPS) is 21.8. The highest BCUT2D eigenvalue weighted by molar-refractivity contribution is 5.90. The molecular formula is C27H26N2O3. The minimum Gasteiger partial charge on any atom is -0.497 e. The first kappa shape index (κ1) is 20.2. The highest BCUT2D eigenvalue weighted by atomic mass is 16.5. The van der Waals surface area contributed by atoms with Crippen LogP contribution in [0.2, 0.25) is 0 Å². The van der Waals surface area contributed by atoms with Crippen molar-refractivity contribution in [2.24, 2.45) is 5.92 Å². The molecule has 0 fully saturated rings. The summed E-state index contributed by atoms with van der Waals surface area (Å²) in [6, 6.07) is 23.7. The molecule has 0 saturated heterocycles. The number of carbonyl (C=O) groups is 1. The summed E-state index contributed by atoms with van der Waals surface area (Å²) in [6.45, 7) is 0. The van der Waals surface area contributed by atoms with E-state index < -0.39 is 0 Å². The first-order valence-corrected chi connectivity index (χ1v) is 10.8. The fraction of sp³-hybridized carbons (Fsp3) is 0.222. The Morgan fingerprint density at radius 1 is 0.844 bits per heavy atom. The van der Waals surface area contributed by atoms with E-state index in [0.717, 1.165) is 39.7 Å². The Labute approximate surface area is 188 Å². The van der Waals surface area contributed by atoms with Gasteiger partial charge in [0.1, 0.15) is 17.3 Å². The van der Waals surface area contributed by atoms with Gasteiger partial charge in [0, 0.05) is 23.6 Å². The van der Waals surface area contributed by atoms with E-state index in [4.69, 9.17) is 9.47 Å². The molecule has 0 unspecified atom stereocenters. The number of rotatable bonds is 4. The van der Waals surface area contributed by atoms with Gasteiger partial charge in [0.15, 0.2) is 0 Å². The van der Waals surface area contributed by atoms with E-state index in [-0.39, 0.29) is 23.7 Å². The Morgan fingerprint density at radius 2 is 1.56 bits per heavy atom. The lowest BCUT2D eigenvalue weighted by molar-refractivity contribution is -0.122. The molecule has 0 aromatic heterocycles. The van der Waals surface area contributed by atoms with Gasteiger partial charge in [-0.1, -0.05) is 48.5 Å². The van der Waals surface area contributed by atoms with Crippen molar-refractivity contribution in [3.8, 4) is 11.5 Å². The number of hydrogen-bond acceptors (Lipinski definition) is 5. The van der Waals surface area contributed by atoms with Crippen molar-refractivity contribution in [2.75, 3.05) is 24.9 Å². The van der Waals surface area contributed by atoms with Crippen LogP contribution >= 0.6 is 0 Å². The quantitative estimate of drug-likeness (QED) is 0.574. The average Bonchev–Trinajstić information content (AvgIpc) is 3.01. The molecule has 3 aromatic rings. The molecule has 5 heteroatoms. The molecule has 0 radical (unpaired) electrons. The number of carbonyl (C=O) groups excluding carboxylic acids is 1. The Balaban J connectivity index is 1.61. The summed E-state index contributed by atoms with van der Waals surface area (Å²) in [5, 5.41) is 7.19. The second-order valence-electron chi connectivity index (χ2n) is 8.18. The number of ether oxygens (including phenoxy) is 2. The number of nitrogens with one attached hydrogen (secondary N) is 2. The number of hydrogen-bond donors (Lipinski definition) is 2. The fourth-order valence-electron chi connectivity index (χ4n) is 4.75. The third-order valence-corrected chi connectivity index (χ3v) is 6.35. The Kier molecular flexibility index (Phi) is 5.31. The lowest BCUT2D eigenvalue weighted by Crippen LogP contribution is -2.34. The second kappa shape index (κ2) is 8.42. The van der Waals surface area contributed by atoms with Crippen LogP contribution in [-0.4, -0.2) is 20.0 Å². The van der Waals surface area contributed by atoms with Gasteiger partial charge in [0.2, 0.25) is 0 Å². The van der Waals surface area contributed by atoms with Gasteiger partial charge in [0.25, 0.3) is 0 Å². The van der Waals surface area contributed by atoms with E-state index in [1.807, 2.05) is 72.8 Å². The second-order valence-corrected chi connectivity index (χ2v) is 8.18. The van der Waals surface area contributed by atoms with Crippen LogP contribution in [0.3, 0.4) is 0 Å². The maximum Gasteiger partial charge on any atom is 0.145 e. The SMILES string of the molecule is COc1ccc([C@@H]2C=C3Nc4ccccc4N[C@@H](c4ccccc4OC)[C@@H]3C(=O)C2)cc1. The van der Waals surface area contributed by atoms with Gasteiger partial charge in [-0.05, 0) is 35.9 Å². The summed E-state index contributed by atoms with van der Waals surface area (Å²) in [4.78, 5) is 13.6. The van der Waals surface area contributed by atoms with E-state index >= 15 is 0 Å². The maximum atomic E-state index is 13.6. The largest absolute Gasteiger partial charge is 0.497 e. The smallest absolute Gasteiger partial charge is 0.145 e. The number of allylic oxidation sites excluding steroid dienone is 1. The van der Waals surface area contributed by atoms with Crippen molar-refractivity contribution in [1.29, 1.82) is 0 Å². The number of methoxy groups -OCH3 is 2. The van der Waals surface area contributed by atoms with Gasteiger partial charge in [-0.3, -0.25) is 4.79 Å². The van der Waals surface area contributed by atoms with Gasteiger partial charge in [-0.2, -0.15) is 0 Å². The number of anilines is 2. The molecule has 0 amide bonds. The van der Waals surface area contributed by atoms with Crippen molar-refractivity contribution in [1.82, 2.24) is 0 Å². The van der Waals surface area contributed by atoms with Crippen LogP contribution in [0, 0.1) is 5.92 Å². The molecule has 5 rings (SSSR count). The van der Waals surface area contributed by atoms with E-state index in [1.165, 1.54) is 0 Å². The molecule has 0 spiro atoms. The Bertz CT molecular complexity index is 1170. The lowest BCUT2D eigenvalue weighted by Gasteiger charge is -2.33. The van der Waals surface area contributed by atoms with Crippen molar-refractivity contribution >= 4 is 17.2 Å². The van der Waals surface area contributed by atoms with Gasteiger partial charge >= 0.3 is 0 Å². The van der Waals surface area contributed by atoms with Gasteiger partial charge in [0.05, 0.1) is 37.6 Å². The third kappa shape index (κ3) is 3.60. The topological polar surface area (TPSA) is 59.6 Å². The molecule has 0 bridgehead atoms. The Hall–Kier alpha value is -3.73. The number of benzene rings is 3. The fourth-order valence-corrected chi connectivity index (χ4v) is 4.75. The van der Waals surface area contributed by atoms with Crippen LogP contribution in [0.1, 0.15) is 29.5 Å². The summed E-state index contributed by atoms with van der Waals surface area (Å²) < 4.78 is 10.9. The summed E-state index contributed by atoms with van der Waals surface area (Å²) >= 11 is 0. The molecule has 1 aliphatic carbocycles. The monoisotopic (exact) mass is 426 g/mol. The van der Waals surface area contributed by atoms with Crippen molar-refractivity contribution in [3.05, 3.63) is 95.7 Å². The summed E-state index contributed by atoms with van der Waals surface area (Å²) in [6.07, 6.45) is 2.66. The summed E-state index contributed by atoms with van der Waals surface area (Å²) in [5.41, 5.74) is 4.93. The standard InChI is InChI=1S/C27H26N2O3/c1-31-19-13-11-17(12-14-19)18-15-23-26(24(30)16-18)27(20-7-3-6-10-25(20)32-2)29-22-9-5-4-8-21(22)28-23/h3-15,18,26-29H,16H2,1-2H3/t18-,26+,27+/m1/s1. The molecule has 1 heterocycles. The first-order valence-electron chi connectivity index (χ1n) is 10.8. The molecule has 3 aromatic carbocycles. The van der Waals surface area contributed by atoms with Gasteiger partial charge < -0.3 is 20.1 Å². The zero-order valence-electron chi connectivity index (χ0n) is 18.2. The summed E-state index contributed by atoms with van der Waals surface area (Å²) in [7, 11) is 3.32. The Morgan fingerprint density at radius 3 is 2.31 bits per heavy atom. The third-order valence-electron chi connectivity index (χ3n) is 6.35. The predicted molar refractivity (Wildman–Crippen MR) is 126 cm³/mol. The van der Waals surface area contributed by atoms with Crippen molar-refractivity contribution in [3.63, 3.8) is 0 Å². The average molecular weight is 427 g/mol. The van der Waals surface area contributed by atoms with Crippen molar-refractivity contribution < 1.29 is 14.3 Å². The summed E-state index contributed by atoms with van der Waals surface area (Å²) in [5.74, 6) is 1.45. The number of fused-ring (bicyclic) bond motifs is 2. The van der Waals surface area contributed by atoms with E-state index in [1.54, 1.807) is 14.2 Å². The van der Waals surface area contributed by atoms with Crippen LogP contribution in [0.25, 0.3) is 0 Å². The molecular weight excluding hydrogens is 400 g/mol. The number of Topliss-reactive ketones (excluding diaryl/α,β-unsaturated/α-hetero) is 1. The highest BCUT2D eigenvalue weighted by Crippen LogP contribution is 2.46. The first-order chi connectivity index (χ1) is 15.7. The maximum absolute atomic E-state index is 13.6. The van der Waals surface area contributed by atoms with E-state index in [2.05, 4.69) is 16.7 Å². The molecule has 32 heavy (non-hydrogen) atoms. The molecule has 0 saturated carbocycles. The zero-order chi connectivity index (χ0) is 22.1. The zero-order valence-corrected chi connectivity index (χ0v) is 18.2. The van der Waals surface area contributed by atoms with Crippen LogP contribution < -0.4 is 20.1 Å². The molecule has 2 aliphatic rings. The predicted octanol–water partition coefficient (Wildman–Crippen LogP) is 5.54. The number of para-hydroxylation sites is 3. The molecule has 5 nitrogen and oxygen atoms in total. The molecule has 3 atom stereocenters. The van der Waals surface area contributed by atoms with Crippen LogP contribution in [0.15, 0.2) is 84.6 Å². The van der Waals surface area contributed by atoms with Crippen LogP contribution in [-0.2, 0) is 4.79 Å². The highest BCUT2D eigenvalue weighted by Gasteiger charge is 2.40. The minimum absolute atomic E-state index is 0.00994. The number of ketones is 1. The molecule has 162 valence electrons.